The smallest absolute Gasteiger partial charge is 0.215 e. The van der Waals surface area contributed by atoms with Gasteiger partial charge >= 0.3 is 0 Å². The molecule has 0 saturated carbocycles. The SMILES string of the molecule is NCc1cccc(CS(=O)(=O)NCC2COCCO2)c1. The molecule has 1 atom stereocenters. The van der Waals surface area contributed by atoms with Crippen LogP contribution in [0.15, 0.2) is 24.3 Å². The molecular formula is C13H20N2O4S. The van der Waals surface area contributed by atoms with Gasteiger partial charge in [-0.3, -0.25) is 0 Å². The number of hydrogen-bond acceptors (Lipinski definition) is 5. The highest BCUT2D eigenvalue weighted by Crippen LogP contribution is 2.09. The van der Waals surface area contributed by atoms with Gasteiger partial charge in [0.2, 0.25) is 10.0 Å². The maximum absolute atomic E-state index is 12.0. The van der Waals surface area contributed by atoms with Gasteiger partial charge in [-0.1, -0.05) is 24.3 Å². The van der Waals surface area contributed by atoms with Gasteiger partial charge < -0.3 is 15.2 Å². The third-order valence-electron chi connectivity index (χ3n) is 3.00. The molecule has 0 bridgehead atoms. The van der Waals surface area contributed by atoms with E-state index in [1.54, 1.807) is 12.1 Å². The van der Waals surface area contributed by atoms with Gasteiger partial charge in [-0.15, -0.1) is 0 Å². The van der Waals surface area contributed by atoms with E-state index in [-0.39, 0.29) is 18.4 Å². The summed E-state index contributed by atoms with van der Waals surface area (Å²) in [6.45, 7) is 2.12. The van der Waals surface area contributed by atoms with Crippen molar-refractivity contribution in [1.29, 1.82) is 0 Å². The lowest BCUT2D eigenvalue weighted by Crippen LogP contribution is -2.40. The zero-order valence-corrected chi connectivity index (χ0v) is 12.1. The summed E-state index contributed by atoms with van der Waals surface area (Å²) in [5, 5.41) is 0. The second-order valence-corrected chi connectivity index (χ2v) is 6.51. The lowest BCUT2D eigenvalue weighted by Gasteiger charge is -2.23. The number of sulfonamides is 1. The van der Waals surface area contributed by atoms with Gasteiger partial charge in [-0.2, -0.15) is 0 Å². The van der Waals surface area contributed by atoms with E-state index in [4.69, 9.17) is 15.2 Å². The molecule has 1 heterocycles. The van der Waals surface area contributed by atoms with Crippen LogP contribution in [0.4, 0.5) is 0 Å². The number of nitrogens with two attached hydrogens (primary N) is 1. The highest BCUT2D eigenvalue weighted by molar-refractivity contribution is 7.88. The lowest BCUT2D eigenvalue weighted by molar-refractivity contribution is -0.0847. The number of ether oxygens (including phenoxy) is 2. The van der Waals surface area contributed by atoms with Gasteiger partial charge in [0.15, 0.2) is 0 Å². The highest BCUT2D eigenvalue weighted by Gasteiger charge is 2.18. The molecule has 1 aliphatic rings. The first-order valence-electron chi connectivity index (χ1n) is 6.53. The Balaban J connectivity index is 1.89. The quantitative estimate of drug-likeness (QED) is 0.770. The maximum Gasteiger partial charge on any atom is 0.215 e. The Kier molecular flexibility index (Phi) is 5.50. The van der Waals surface area contributed by atoms with E-state index >= 15 is 0 Å². The van der Waals surface area contributed by atoms with Gasteiger partial charge in [0.05, 0.1) is 31.7 Å². The molecule has 1 aliphatic heterocycles. The van der Waals surface area contributed by atoms with Crippen molar-refractivity contribution in [3.8, 4) is 0 Å². The Bertz CT molecular complexity index is 527. The molecule has 3 N–H and O–H groups in total. The summed E-state index contributed by atoms with van der Waals surface area (Å²) in [5.41, 5.74) is 7.18. The Morgan fingerprint density at radius 2 is 2.10 bits per heavy atom. The van der Waals surface area contributed by atoms with Crippen molar-refractivity contribution in [2.45, 2.75) is 18.4 Å². The zero-order chi connectivity index (χ0) is 14.4. The van der Waals surface area contributed by atoms with E-state index in [0.717, 1.165) is 11.1 Å². The standard InChI is InChI=1S/C13H20N2O4S/c14-7-11-2-1-3-12(6-11)10-20(16,17)15-8-13-9-18-4-5-19-13/h1-3,6,13,15H,4-5,7-10,14H2. The molecule has 1 saturated heterocycles. The van der Waals surface area contributed by atoms with Crippen molar-refractivity contribution < 1.29 is 17.9 Å². The topological polar surface area (TPSA) is 90.7 Å². The molecule has 0 aliphatic carbocycles. The predicted molar refractivity (Wildman–Crippen MR) is 75.5 cm³/mol. The number of hydrogen-bond donors (Lipinski definition) is 2. The first kappa shape index (κ1) is 15.4. The summed E-state index contributed by atoms with van der Waals surface area (Å²) in [6, 6.07) is 7.26. The number of nitrogens with one attached hydrogen (secondary N) is 1. The fraction of sp³-hybridized carbons (Fsp3) is 0.538. The van der Waals surface area contributed by atoms with Crippen LogP contribution in [-0.4, -0.2) is 40.9 Å². The van der Waals surface area contributed by atoms with Crippen LogP contribution in [0.2, 0.25) is 0 Å². The van der Waals surface area contributed by atoms with Crippen molar-refractivity contribution in [1.82, 2.24) is 4.72 Å². The van der Waals surface area contributed by atoms with E-state index < -0.39 is 10.0 Å². The Labute approximate surface area is 119 Å². The molecule has 1 fully saturated rings. The molecular weight excluding hydrogens is 280 g/mol. The van der Waals surface area contributed by atoms with Crippen molar-refractivity contribution in [3.63, 3.8) is 0 Å². The van der Waals surface area contributed by atoms with Crippen molar-refractivity contribution in [2.24, 2.45) is 5.73 Å². The summed E-state index contributed by atoms with van der Waals surface area (Å²) >= 11 is 0. The Morgan fingerprint density at radius 1 is 1.30 bits per heavy atom. The van der Waals surface area contributed by atoms with Gasteiger partial charge in [-0.05, 0) is 11.1 Å². The monoisotopic (exact) mass is 300 g/mol. The van der Waals surface area contributed by atoms with E-state index in [1.807, 2.05) is 12.1 Å². The van der Waals surface area contributed by atoms with Crippen molar-refractivity contribution in [3.05, 3.63) is 35.4 Å². The van der Waals surface area contributed by atoms with Crippen LogP contribution >= 0.6 is 0 Å². The Morgan fingerprint density at radius 3 is 2.80 bits per heavy atom. The second-order valence-electron chi connectivity index (χ2n) is 4.70. The van der Waals surface area contributed by atoms with Crippen LogP contribution in [-0.2, 0) is 31.8 Å². The minimum Gasteiger partial charge on any atom is -0.376 e. The second kappa shape index (κ2) is 7.14. The molecule has 6 nitrogen and oxygen atoms in total. The van der Waals surface area contributed by atoms with Crippen LogP contribution in [0, 0.1) is 0 Å². The molecule has 0 amide bonds. The molecule has 0 spiro atoms. The minimum atomic E-state index is -3.39. The fourth-order valence-electron chi connectivity index (χ4n) is 1.99. The van der Waals surface area contributed by atoms with E-state index in [1.165, 1.54) is 0 Å². The lowest BCUT2D eigenvalue weighted by atomic mass is 10.1. The van der Waals surface area contributed by atoms with Gasteiger partial charge in [0, 0.05) is 13.1 Å². The first-order valence-corrected chi connectivity index (χ1v) is 8.19. The van der Waals surface area contributed by atoms with E-state index in [0.29, 0.717) is 26.4 Å². The summed E-state index contributed by atoms with van der Waals surface area (Å²) in [5.74, 6) is -0.0611. The largest absolute Gasteiger partial charge is 0.376 e. The summed E-state index contributed by atoms with van der Waals surface area (Å²) in [4.78, 5) is 0. The van der Waals surface area contributed by atoms with Crippen LogP contribution in [0.3, 0.4) is 0 Å². The summed E-state index contributed by atoms with van der Waals surface area (Å²) < 4.78 is 37.2. The molecule has 1 unspecified atom stereocenters. The summed E-state index contributed by atoms with van der Waals surface area (Å²) in [7, 11) is -3.39. The van der Waals surface area contributed by atoms with E-state index in [2.05, 4.69) is 4.72 Å². The van der Waals surface area contributed by atoms with Gasteiger partial charge in [0.1, 0.15) is 0 Å². The number of rotatable bonds is 6. The molecule has 0 aromatic heterocycles. The molecule has 1 aromatic rings. The van der Waals surface area contributed by atoms with Crippen molar-refractivity contribution in [2.75, 3.05) is 26.4 Å². The van der Waals surface area contributed by atoms with E-state index in [9.17, 15) is 8.42 Å². The van der Waals surface area contributed by atoms with Crippen LogP contribution in [0.1, 0.15) is 11.1 Å². The molecule has 20 heavy (non-hydrogen) atoms. The molecule has 1 aromatic carbocycles. The minimum absolute atomic E-state index is 0.0611. The molecule has 112 valence electrons. The zero-order valence-electron chi connectivity index (χ0n) is 11.2. The van der Waals surface area contributed by atoms with Crippen molar-refractivity contribution >= 4 is 10.0 Å². The predicted octanol–water partition coefficient (Wildman–Crippen LogP) is -0.0199. The fourth-order valence-corrected chi connectivity index (χ4v) is 3.15. The summed E-state index contributed by atoms with van der Waals surface area (Å²) in [6.07, 6.45) is -0.214. The Hall–Kier alpha value is -0.990. The van der Waals surface area contributed by atoms with Crippen LogP contribution < -0.4 is 10.5 Å². The first-order chi connectivity index (χ1) is 9.59. The molecule has 0 radical (unpaired) electrons. The van der Waals surface area contributed by atoms with Gasteiger partial charge in [-0.25, -0.2) is 13.1 Å². The molecule has 7 heteroatoms. The van der Waals surface area contributed by atoms with Crippen LogP contribution in [0.25, 0.3) is 0 Å². The average molecular weight is 300 g/mol. The normalized spacial score (nSPS) is 19.9. The maximum atomic E-state index is 12.0. The third-order valence-corrected chi connectivity index (χ3v) is 4.32. The van der Waals surface area contributed by atoms with Gasteiger partial charge in [0.25, 0.3) is 0 Å². The van der Waals surface area contributed by atoms with Crippen LogP contribution in [0.5, 0.6) is 0 Å². The molecule has 2 rings (SSSR count). The number of benzene rings is 1. The third kappa shape index (κ3) is 4.84. The average Bonchev–Trinajstić information content (AvgIpc) is 2.46. The highest BCUT2D eigenvalue weighted by atomic mass is 32.2.